The van der Waals surface area contributed by atoms with Crippen LogP contribution in [0.1, 0.15) is 39.0 Å². The van der Waals surface area contributed by atoms with E-state index < -0.39 is 0 Å². The minimum Gasteiger partial charge on any atom is -0.469 e. The SMILES string of the molecule is COC(=O)CC(C)NCC1CC2CCC1C2. The first-order valence-corrected chi connectivity index (χ1v) is 6.49. The summed E-state index contributed by atoms with van der Waals surface area (Å²) in [7, 11) is 1.45. The van der Waals surface area contributed by atoms with E-state index >= 15 is 0 Å². The molecule has 0 amide bonds. The average molecular weight is 225 g/mol. The lowest BCUT2D eigenvalue weighted by atomic mass is 9.88. The van der Waals surface area contributed by atoms with E-state index in [2.05, 4.69) is 17.0 Å². The van der Waals surface area contributed by atoms with Gasteiger partial charge >= 0.3 is 5.97 Å². The molecule has 1 N–H and O–H groups in total. The molecule has 3 heteroatoms. The fourth-order valence-electron chi connectivity index (χ4n) is 3.38. The van der Waals surface area contributed by atoms with E-state index in [0.29, 0.717) is 6.42 Å². The predicted octanol–water partition coefficient (Wildman–Crippen LogP) is 1.96. The second kappa shape index (κ2) is 5.17. The topological polar surface area (TPSA) is 38.3 Å². The summed E-state index contributed by atoms with van der Waals surface area (Å²) in [5, 5.41) is 3.47. The van der Waals surface area contributed by atoms with Crippen molar-refractivity contribution >= 4 is 5.97 Å². The van der Waals surface area contributed by atoms with E-state index in [1.807, 2.05) is 0 Å². The van der Waals surface area contributed by atoms with Crippen molar-refractivity contribution in [1.29, 1.82) is 0 Å². The largest absolute Gasteiger partial charge is 0.469 e. The summed E-state index contributed by atoms with van der Waals surface area (Å²) in [6.07, 6.45) is 6.24. The Bertz CT molecular complexity index is 254. The maximum Gasteiger partial charge on any atom is 0.307 e. The summed E-state index contributed by atoms with van der Waals surface area (Å²) >= 11 is 0. The van der Waals surface area contributed by atoms with Crippen LogP contribution in [0.25, 0.3) is 0 Å². The van der Waals surface area contributed by atoms with Crippen LogP contribution in [0.5, 0.6) is 0 Å². The van der Waals surface area contributed by atoms with Crippen molar-refractivity contribution < 1.29 is 9.53 Å². The monoisotopic (exact) mass is 225 g/mol. The van der Waals surface area contributed by atoms with E-state index in [4.69, 9.17) is 0 Å². The Morgan fingerprint density at radius 2 is 2.25 bits per heavy atom. The Hall–Kier alpha value is -0.570. The van der Waals surface area contributed by atoms with E-state index in [-0.39, 0.29) is 12.0 Å². The van der Waals surface area contributed by atoms with Crippen molar-refractivity contribution in [3.63, 3.8) is 0 Å². The lowest BCUT2D eigenvalue weighted by Crippen LogP contribution is -2.34. The number of ether oxygens (including phenoxy) is 1. The highest BCUT2D eigenvalue weighted by Crippen LogP contribution is 2.47. The van der Waals surface area contributed by atoms with Crippen molar-refractivity contribution in [3.8, 4) is 0 Å². The smallest absolute Gasteiger partial charge is 0.307 e. The summed E-state index contributed by atoms with van der Waals surface area (Å²) in [4.78, 5) is 11.1. The van der Waals surface area contributed by atoms with Gasteiger partial charge in [0.05, 0.1) is 13.5 Å². The molecule has 0 aliphatic heterocycles. The molecule has 4 unspecified atom stereocenters. The number of hydrogen-bond acceptors (Lipinski definition) is 3. The molecular formula is C13H23NO2. The first-order valence-electron chi connectivity index (χ1n) is 6.49. The molecule has 3 nitrogen and oxygen atoms in total. The van der Waals surface area contributed by atoms with Crippen molar-refractivity contribution in [2.24, 2.45) is 17.8 Å². The Balaban J connectivity index is 1.65. The number of nitrogens with one attached hydrogen (secondary N) is 1. The zero-order valence-corrected chi connectivity index (χ0v) is 10.4. The van der Waals surface area contributed by atoms with Gasteiger partial charge in [-0.3, -0.25) is 4.79 Å². The number of carbonyl (C=O) groups is 1. The summed E-state index contributed by atoms with van der Waals surface area (Å²) in [6.45, 7) is 3.14. The van der Waals surface area contributed by atoms with Gasteiger partial charge in [0.1, 0.15) is 0 Å². The second-order valence-electron chi connectivity index (χ2n) is 5.52. The molecule has 0 aromatic carbocycles. The van der Waals surface area contributed by atoms with Gasteiger partial charge in [0, 0.05) is 6.04 Å². The van der Waals surface area contributed by atoms with E-state index in [0.717, 1.165) is 24.3 Å². The molecule has 0 radical (unpaired) electrons. The lowest BCUT2D eigenvalue weighted by molar-refractivity contribution is -0.141. The molecule has 92 valence electrons. The van der Waals surface area contributed by atoms with Crippen LogP contribution >= 0.6 is 0 Å². The summed E-state index contributed by atoms with van der Waals surface area (Å²) in [6, 6.07) is 0.242. The molecule has 0 saturated heterocycles. The first kappa shape index (κ1) is 11.9. The maximum atomic E-state index is 11.1. The highest BCUT2D eigenvalue weighted by molar-refractivity contribution is 5.69. The maximum absolute atomic E-state index is 11.1. The van der Waals surface area contributed by atoms with Crippen molar-refractivity contribution in [1.82, 2.24) is 5.32 Å². The molecule has 2 saturated carbocycles. The van der Waals surface area contributed by atoms with Gasteiger partial charge < -0.3 is 10.1 Å². The number of fused-ring (bicyclic) bond motifs is 2. The molecule has 2 aliphatic rings. The van der Waals surface area contributed by atoms with Gasteiger partial charge in [-0.25, -0.2) is 0 Å². The molecule has 0 spiro atoms. The molecule has 2 rings (SSSR count). The third kappa shape index (κ3) is 2.76. The fraction of sp³-hybridized carbons (Fsp3) is 0.923. The van der Waals surface area contributed by atoms with Gasteiger partial charge in [0.15, 0.2) is 0 Å². The Kier molecular flexibility index (Phi) is 3.85. The van der Waals surface area contributed by atoms with Crippen LogP contribution in [-0.4, -0.2) is 25.7 Å². The fourth-order valence-corrected chi connectivity index (χ4v) is 3.38. The van der Waals surface area contributed by atoms with E-state index in [9.17, 15) is 4.79 Å². The minimum atomic E-state index is -0.118. The van der Waals surface area contributed by atoms with Gasteiger partial charge in [-0.05, 0) is 50.5 Å². The van der Waals surface area contributed by atoms with Gasteiger partial charge in [-0.1, -0.05) is 6.42 Å². The van der Waals surface area contributed by atoms with Gasteiger partial charge in [0.25, 0.3) is 0 Å². The van der Waals surface area contributed by atoms with Crippen LogP contribution in [0.3, 0.4) is 0 Å². The number of esters is 1. The highest BCUT2D eigenvalue weighted by Gasteiger charge is 2.39. The molecule has 4 atom stereocenters. The number of hydrogen-bond donors (Lipinski definition) is 1. The Morgan fingerprint density at radius 1 is 1.44 bits per heavy atom. The molecule has 0 aromatic heterocycles. The van der Waals surface area contributed by atoms with Crippen molar-refractivity contribution in [2.45, 2.75) is 45.1 Å². The van der Waals surface area contributed by atoms with Crippen LogP contribution in [0.2, 0.25) is 0 Å². The summed E-state index contributed by atoms with van der Waals surface area (Å²) < 4.78 is 4.66. The lowest BCUT2D eigenvalue weighted by Gasteiger charge is -2.23. The van der Waals surface area contributed by atoms with Crippen LogP contribution in [0.15, 0.2) is 0 Å². The normalized spacial score (nSPS) is 34.0. The van der Waals surface area contributed by atoms with E-state index in [1.165, 1.54) is 32.8 Å². The standard InChI is InChI=1S/C13H23NO2/c1-9(5-13(15)16-2)14-8-12-7-10-3-4-11(12)6-10/h9-12,14H,3-8H2,1-2H3. The van der Waals surface area contributed by atoms with Gasteiger partial charge in [0.2, 0.25) is 0 Å². The number of carbonyl (C=O) groups excluding carboxylic acids is 1. The molecule has 16 heavy (non-hydrogen) atoms. The molecular weight excluding hydrogens is 202 g/mol. The zero-order chi connectivity index (χ0) is 11.5. The molecule has 0 heterocycles. The third-order valence-corrected chi connectivity index (χ3v) is 4.31. The Labute approximate surface area is 97.9 Å². The molecule has 2 aliphatic carbocycles. The van der Waals surface area contributed by atoms with Crippen molar-refractivity contribution in [3.05, 3.63) is 0 Å². The zero-order valence-electron chi connectivity index (χ0n) is 10.4. The second-order valence-corrected chi connectivity index (χ2v) is 5.52. The van der Waals surface area contributed by atoms with Crippen LogP contribution in [0.4, 0.5) is 0 Å². The predicted molar refractivity (Wildman–Crippen MR) is 63.0 cm³/mol. The first-order chi connectivity index (χ1) is 7.69. The summed E-state index contributed by atoms with van der Waals surface area (Å²) in [5.74, 6) is 2.71. The number of methoxy groups -OCH3 is 1. The van der Waals surface area contributed by atoms with Crippen LogP contribution in [-0.2, 0) is 9.53 Å². The van der Waals surface area contributed by atoms with Gasteiger partial charge in [-0.15, -0.1) is 0 Å². The van der Waals surface area contributed by atoms with Gasteiger partial charge in [-0.2, -0.15) is 0 Å². The van der Waals surface area contributed by atoms with Crippen LogP contribution < -0.4 is 5.32 Å². The number of rotatable bonds is 5. The van der Waals surface area contributed by atoms with Crippen LogP contribution in [0, 0.1) is 17.8 Å². The molecule has 2 fully saturated rings. The molecule has 2 bridgehead atoms. The van der Waals surface area contributed by atoms with Crippen molar-refractivity contribution in [2.75, 3.05) is 13.7 Å². The minimum absolute atomic E-state index is 0.118. The Morgan fingerprint density at radius 3 is 2.81 bits per heavy atom. The average Bonchev–Trinajstić information content (AvgIpc) is 2.87. The third-order valence-electron chi connectivity index (χ3n) is 4.31. The quantitative estimate of drug-likeness (QED) is 0.727. The highest BCUT2D eigenvalue weighted by atomic mass is 16.5. The van der Waals surface area contributed by atoms with E-state index in [1.54, 1.807) is 0 Å². The summed E-state index contributed by atoms with van der Waals surface area (Å²) in [5.41, 5.74) is 0. The molecule has 0 aromatic rings.